The zero-order chi connectivity index (χ0) is 12.3. The lowest BCUT2D eigenvalue weighted by atomic mass is 10.1. The van der Waals surface area contributed by atoms with E-state index in [0.717, 1.165) is 23.1 Å². The van der Waals surface area contributed by atoms with Crippen molar-refractivity contribution in [1.82, 2.24) is 10.2 Å². The maximum absolute atomic E-state index is 6.01. The highest BCUT2D eigenvalue weighted by Gasteiger charge is 2.08. The molecular formula is C13H18N4. The predicted molar refractivity (Wildman–Crippen MR) is 70.8 cm³/mol. The van der Waals surface area contributed by atoms with Crippen LogP contribution in [0.1, 0.15) is 13.8 Å². The van der Waals surface area contributed by atoms with E-state index in [1.165, 1.54) is 0 Å². The highest BCUT2D eigenvalue weighted by atomic mass is 15.1. The van der Waals surface area contributed by atoms with Crippen molar-refractivity contribution in [2.24, 2.45) is 11.7 Å². The molecule has 17 heavy (non-hydrogen) atoms. The van der Waals surface area contributed by atoms with Crippen molar-refractivity contribution < 1.29 is 0 Å². The third kappa shape index (κ3) is 2.71. The van der Waals surface area contributed by atoms with Crippen LogP contribution in [0.5, 0.6) is 0 Å². The molecule has 0 spiro atoms. The van der Waals surface area contributed by atoms with Gasteiger partial charge in [-0.2, -0.15) is 10.2 Å². The van der Waals surface area contributed by atoms with Crippen LogP contribution in [0, 0.1) is 5.92 Å². The summed E-state index contributed by atoms with van der Waals surface area (Å²) in [5, 5.41) is 12.5. The lowest BCUT2D eigenvalue weighted by Crippen LogP contribution is -2.34. The molecule has 0 amide bonds. The lowest BCUT2D eigenvalue weighted by Gasteiger charge is -2.17. The smallest absolute Gasteiger partial charge is 0.0950 e. The monoisotopic (exact) mass is 230 g/mol. The van der Waals surface area contributed by atoms with E-state index in [2.05, 4.69) is 29.4 Å². The Morgan fingerprint density at radius 1 is 1.29 bits per heavy atom. The van der Waals surface area contributed by atoms with Gasteiger partial charge in [0.15, 0.2) is 0 Å². The number of anilines is 1. The first-order chi connectivity index (χ1) is 8.18. The molecule has 0 aliphatic heterocycles. The second-order valence-corrected chi connectivity index (χ2v) is 4.56. The van der Waals surface area contributed by atoms with Gasteiger partial charge in [-0.1, -0.05) is 32.0 Å². The third-order valence-electron chi connectivity index (χ3n) is 2.93. The van der Waals surface area contributed by atoms with E-state index in [0.29, 0.717) is 5.92 Å². The quantitative estimate of drug-likeness (QED) is 0.843. The van der Waals surface area contributed by atoms with Gasteiger partial charge in [0, 0.05) is 18.0 Å². The largest absolute Gasteiger partial charge is 0.382 e. The Kier molecular flexibility index (Phi) is 3.54. The normalized spacial score (nSPS) is 12.9. The summed E-state index contributed by atoms with van der Waals surface area (Å²) >= 11 is 0. The third-order valence-corrected chi connectivity index (χ3v) is 2.93. The molecule has 1 heterocycles. The number of benzene rings is 1. The number of nitrogens with two attached hydrogens (primary N) is 1. The predicted octanol–water partition coefficient (Wildman–Crippen LogP) is 2.02. The van der Waals surface area contributed by atoms with E-state index >= 15 is 0 Å². The lowest BCUT2D eigenvalue weighted by molar-refractivity contribution is 0.511. The zero-order valence-corrected chi connectivity index (χ0v) is 10.2. The zero-order valence-electron chi connectivity index (χ0n) is 10.2. The minimum atomic E-state index is 0.141. The summed E-state index contributed by atoms with van der Waals surface area (Å²) in [6.07, 6.45) is 1.75. The fraction of sp³-hybridized carbons (Fsp3) is 0.385. The van der Waals surface area contributed by atoms with E-state index in [9.17, 15) is 0 Å². The van der Waals surface area contributed by atoms with E-state index in [1.54, 1.807) is 6.20 Å². The van der Waals surface area contributed by atoms with Crippen molar-refractivity contribution in [3.05, 3.63) is 30.5 Å². The molecule has 4 nitrogen and oxygen atoms in total. The molecule has 2 aromatic rings. The van der Waals surface area contributed by atoms with Crippen molar-refractivity contribution in [2.75, 3.05) is 11.9 Å². The fourth-order valence-electron chi connectivity index (χ4n) is 1.61. The summed E-state index contributed by atoms with van der Waals surface area (Å²) in [6, 6.07) is 8.09. The molecule has 90 valence electrons. The molecular weight excluding hydrogens is 212 g/mol. The summed E-state index contributed by atoms with van der Waals surface area (Å²) in [6.45, 7) is 4.98. The molecule has 0 bridgehead atoms. The van der Waals surface area contributed by atoms with Crippen molar-refractivity contribution in [2.45, 2.75) is 19.9 Å². The standard InChI is InChI=1S/C13H18N4/c1-9(2)11(14)7-15-13-8-16-17-12-6-4-3-5-10(12)13/h3-6,8-9,11H,7,14H2,1-2H3,(H,15,17). The summed E-state index contributed by atoms with van der Waals surface area (Å²) in [5.74, 6) is 0.462. The molecule has 3 N–H and O–H groups in total. The number of hydrogen-bond acceptors (Lipinski definition) is 4. The van der Waals surface area contributed by atoms with Crippen LogP contribution < -0.4 is 11.1 Å². The molecule has 0 aliphatic rings. The minimum absolute atomic E-state index is 0.141. The van der Waals surface area contributed by atoms with Gasteiger partial charge in [0.2, 0.25) is 0 Å². The summed E-state index contributed by atoms with van der Waals surface area (Å²) in [4.78, 5) is 0. The van der Waals surface area contributed by atoms with Gasteiger partial charge in [0.1, 0.15) is 0 Å². The Labute approximate surface area is 101 Å². The van der Waals surface area contributed by atoms with Gasteiger partial charge in [-0.25, -0.2) is 0 Å². The maximum Gasteiger partial charge on any atom is 0.0950 e. The van der Waals surface area contributed by atoms with Crippen LogP contribution in [0.4, 0.5) is 5.69 Å². The number of fused-ring (bicyclic) bond motifs is 1. The van der Waals surface area contributed by atoms with Gasteiger partial charge >= 0.3 is 0 Å². The SMILES string of the molecule is CC(C)C(N)CNc1cnnc2ccccc12. The fourth-order valence-corrected chi connectivity index (χ4v) is 1.61. The Bertz CT molecular complexity index is 490. The van der Waals surface area contributed by atoms with Gasteiger partial charge in [0.05, 0.1) is 17.4 Å². The molecule has 0 saturated heterocycles. The molecule has 1 unspecified atom stereocenters. The molecule has 0 radical (unpaired) electrons. The topological polar surface area (TPSA) is 63.8 Å². The first kappa shape index (κ1) is 11.8. The highest BCUT2D eigenvalue weighted by Crippen LogP contribution is 2.19. The molecule has 2 rings (SSSR count). The van der Waals surface area contributed by atoms with Gasteiger partial charge in [-0.15, -0.1) is 0 Å². The van der Waals surface area contributed by atoms with Crippen LogP contribution in [-0.4, -0.2) is 22.8 Å². The number of rotatable bonds is 4. The van der Waals surface area contributed by atoms with Crippen molar-refractivity contribution in [1.29, 1.82) is 0 Å². The van der Waals surface area contributed by atoms with Gasteiger partial charge in [0.25, 0.3) is 0 Å². The Morgan fingerprint density at radius 3 is 2.82 bits per heavy atom. The molecule has 0 aliphatic carbocycles. The number of nitrogens with one attached hydrogen (secondary N) is 1. The van der Waals surface area contributed by atoms with Gasteiger partial charge in [-0.3, -0.25) is 0 Å². The Balaban J connectivity index is 2.19. The van der Waals surface area contributed by atoms with Crippen LogP contribution in [0.15, 0.2) is 30.5 Å². The van der Waals surface area contributed by atoms with Crippen molar-refractivity contribution in [3.63, 3.8) is 0 Å². The van der Waals surface area contributed by atoms with Crippen LogP contribution in [0.25, 0.3) is 10.9 Å². The molecule has 4 heteroatoms. The number of nitrogens with zero attached hydrogens (tertiary/aromatic N) is 2. The second-order valence-electron chi connectivity index (χ2n) is 4.56. The Hall–Kier alpha value is -1.68. The maximum atomic E-state index is 6.01. The van der Waals surface area contributed by atoms with Crippen LogP contribution in [0.3, 0.4) is 0 Å². The number of hydrogen-bond donors (Lipinski definition) is 2. The first-order valence-corrected chi connectivity index (χ1v) is 5.88. The molecule has 1 aromatic heterocycles. The van der Waals surface area contributed by atoms with Gasteiger partial charge in [-0.05, 0) is 12.0 Å². The van der Waals surface area contributed by atoms with E-state index < -0.39 is 0 Å². The highest BCUT2D eigenvalue weighted by molar-refractivity contribution is 5.90. The van der Waals surface area contributed by atoms with Crippen molar-refractivity contribution in [3.8, 4) is 0 Å². The van der Waals surface area contributed by atoms with E-state index in [4.69, 9.17) is 5.73 Å². The summed E-state index contributed by atoms with van der Waals surface area (Å²) in [7, 11) is 0. The van der Waals surface area contributed by atoms with Crippen molar-refractivity contribution >= 4 is 16.6 Å². The van der Waals surface area contributed by atoms with Gasteiger partial charge < -0.3 is 11.1 Å². The van der Waals surface area contributed by atoms with E-state index in [-0.39, 0.29) is 6.04 Å². The van der Waals surface area contributed by atoms with E-state index in [1.807, 2.05) is 24.3 Å². The molecule has 1 atom stereocenters. The first-order valence-electron chi connectivity index (χ1n) is 5.88. The molecule has 0 saturated carbocycles. The average Bonchev–Trinajstić information content (AvgIpc) is 2.35. The van der Waals surface area contributed by atoms with Crippen LogP contribution >= 0.6 is 0 Å². The van der Waals surface area contributed by atoms with Crippen LogP contribution in [-0.2, 0) is 0 Å². The molecule has 0 fully saturated rings. The Morgan fingerprint density at radius 2 is 2.06 bits per heavy atom. The second kappa shape index (κ2) is 5.10. The average molecular weight is 230 g/mol. The minimum Gasteiger partial charge on any atom is -0.382 e. The summed E-state index contributed by atoms with van der Waals surface area (Å²) in [5.41, 5.74) is 7.90. The summed E-state index contributed by atoms with van der Waals surface area (Å²) < 4.78 is 0. The van der Waals surface area contributed by atoms with Crippen LogP contribution in [0.2, 0.25) is 0 Å². The number of aromatic nitrogens is 2. The molecule has 1 aromatic carbocycles.